The molecular weight excluding hydrogens is 275 g/mol. The van der Waals surface area contributed by atoms with Gasteiger partial charge in [-0.3, -0.25) is 0 Å². The van der Waals surface area contributed by atoms with Gasteiger partial charge in [0.25, 0.3) is 0 Å². The lowest BCUT2D eigenvalue weighted by atomic mass is 10.3. The van der Waals surface area contributed by atoms with Crippen LogP contribution in [0.3, 0.4) is 0 Å². The zero-order chi connectivity index (χ0) is 14.2. The van der Waals surface area contributed by atoms with E-state index in [-0.39, 0.29) is 11.8 Å². The molecule has 0 spiro atoms. The average Bonchev–Trinajstić information content (AvgIpc) is 2.47. The van der Waals surface area contributed by atoms with Gasteiger partial charge < -0.3 is 10.6 Å². The molecule has 2 amide bonds. The van der Waals surface area contributed by atoms with Gasteiger partial charge in [-0.1, -0.05) is 18.2 Å². The second-order valence-corrected chi connectivity index (χ2v) is 5.22. The molecular formula is C15H15FN2OS. The minimum Gasteiger partial charge on any atom is -0.337 e. The number of rotatable bonds is 5. The fourth-order valence-electron chi connectivity index (χ4n) is 1.56. The Morgan fingerprint density at radius 1 is 1.05 bits per heavy atom. The number of nitrogens with one attached hydrogen (secondary N) is 2. The highest BCUT2D eigenvalue weighted by Crippen LogP contribution is 2.15. The number of amides is 2. The molecule has 0 radical (unpaired) electrons. The van der Waals surface area contributed by atoms with E-state index >= 15 is 0 Å². The summed E-state index contributed by atoms with van der Waals surface area (Å²) in [7, 11) is 0. The highest BCUT2D eigenvalue weighted by atomic mass is 32.2. The lowest BCUT2D eigenvalue weighted by molar-refractivity contribution is 0.252. The number of carbonyl (C=O) groups is 1. The van der Waals surface area contributed by atoms with Crippen molar-refractivity contribution in [3.8, 4) is 0 Å². The molecule has 104 valence electrons. The van der Waals surface area contributed by atoms with Crippen molar-refractivity contribution in [2.75, 3.05) is 17.6 Å². The van der Waals surface area contributed by atoms with Crippen molar-refractivity contribution in [1.82, 2.24) is 5.32 Å². The van der Waals surface area contributed by atoms with Crippen molar-refractivity contribution < 1.29 is 9.18 Å². The quantitative estimate of drug-likeness (QED) is 0.650. The summed E-state index contributed by atoms with van der Waals surface area (Å²) in [5.41, 5.74) is 0.569. The molecule has 0 atom stereocenters. The monoisotopic (exact) mass is 290 g/mol. The molecule has 0 saturated carbocycles. The zero-order valence-electron chi connectivity index (χ0n) is 10.8. The molecule has 0 saturated heterocycles. The Bertz CT molecular complexity index is 546. The standard InChI is InChI=1S/C15H15FN2OS/c16-12-6-8-13(9-7-12)18-15(19)17-10-11-20-14-4-2-1-3-5-14/h1-9H,10-11H2,(H2,17,18,19). The summed E-state index contributed by atoms with van der Waals surface area (Å²) in [4.78, 5) is 12.8. The number of anilines is 1. The fourth-order valence-corrected chi connectivity index (χ4v) is 2.35. The number of thioether (sulfide) groups is 1. The van der Waals surface area contributed by atoms with Crippen LogP contribution in [0.5, 0.6) is 0 Å². The van der Waals surface area contributed by atoms with Crippen molar-refractivity contribution in [2.24, 2.45) is 0 Å². The Morgan fingerprint density at radius 3 is 2.45 bits per heavy atom. The zero-order valence-corrected chi connectivity index (χ0v) is 11.6. The first kappa shape index (κ1) is 14.4. The summed E-state index contributed by atoms with van der Waals surface area (Å²) in [6.45, 7) is 0.562. The van der Waals surface area contributed by atoms with Gasteiger partial charge in [0.1, 0.15) is 5.82 Å². The van der Waals surface area contributed by atoms with E-state index in [2.05, 4.69) is 10.6 Å². The second kappa shape index (κ2) is 7.55. The average molecular weight is 290 g/mol. The van der Waals surface area contributed by atoms with Crippen molar-refractivity contribution in [3.63, 3.8) is 0 Å². The Hall–Kier alpha value is -2.01. The van der Waals surface area contributed by atoms with E-state index in [4.69, 9.17) is 0 Å². The third-order valence-electron chi connectivity index (χ3n) is 2.50. The van der Waals surface area contributed by atoms with Crippen molar-refractivity contribution in [3.05, 3.63) is 60.4 Å². The second-order valence-electron chi connectivity index (χ2n) is 4.05. The van der Waals surface area contributed by atoms with Crippen LogP contribution in [0.1, 0.15) is 0 Å². The molecule has 2 aromatic rings. The molecule has 0 aliphatic carbocycles. The number of hydrogen-bond acceptors (Lipinski definition) is 2. The van der Waals surface area contributed by atoms with Gasteiger partial charge in [0.15, 0.2) is 0 Å². The summed E-state index contributed by atoms with van der Waals surface area (Å²) in [6, 6.07) is 15.4. The maximum Gasteiger partial charge on any atom is 0.319 e. The molecule has 0 aliphatic heterocycles. The molecule has 20 heavy (non-hydrogen) atoms. The van der Waals surface area contributed by atoms with Crippen LogP contribution in [-0.4, -0.2) is 18.3 Å². The molecule has 2 rings (SSSR count). The lowest BCUT2D eigenvalue weighted by Crippen LogP contribution is -2.30. The molecule has 0 fully saturated rings. The molecule has 0 unspecified atom stereocenters. The van der Waals surface area contributed by atoms with Crippen LogP contribution in [0.4, 0.5) is 14.9 Å². The third kappa shape index (κ3) is 4.93. The molecule has 2 N–H and O–H groups in total. The molecule has 0 aliphatic rings. The van der Waals surface area contributed by atoms with Gasteiger partial charge in [0.2, 0.25) is 0 Å². The summed E-state index contributed by atoms with van der Waals surface area (Å²) in [5.74, 6) is 0.469. The van der Waals surface area contributed by atoms with E-state index in [1.807, 2.05) is 30.3 Å². The van der Waals surface area contributed by atoms with Crippen LogP contribution in [-0.2, 0) is 0 Å². The van der Waals surface area contributed by atoms with Gasteiger partial charge in [-0.05, 0) is 36.4 Å². The highest BCUT2D eigenvalue weighted by molar-refractivity contribution is 7.99. The molecule has 0 aromatic heterocycles. The minimum atomic E-state index is -0.324. The van der Waals surface area contributed by atoms with Crippen LogP contribution >= 0.6 is 11.8 Å². The lowest BCUT2D eigenvalue weighted by Gasteiger charge is -2.07. The molecule has 0 heterocycles. The smallest absolute Gasteiger partial charge is 0.319 e. The van der Waals surface area contributed by atoms with Gasteiger partial charge >= 0.3 is 6.03 Å². The van der Waals surface area contributed by atoms with Crippen LogP contribution in [0.25, 0.3) is 0 Å². The van der Waals surface area contributed by atoms with E-state index < -0.39 is 0 Å². The first-order chi connectivity index (χ1) is 9.74. The van der Waals surface area contributed by atoms with Crippen LogP contribution < -0.4 is 10.6 Å². The first-order valence-electron chi connectivity index (χ1n) is 6.22. The summed E-state index contributed by atoms with van der Waals surface area (Å²) >= 11 is 1.68. The van der Waals surface area contributed by atoms with Gasteiger partial charge in [-0.25, -0.2) is 9.18 Å². The van der Waals surface area contributed by atoms with E-state index in [1.165, 1.54) is 29.2 Å². The Balaban J connectivity index is 1.66. The molecule has 3 nitrogen and oxygen atoms in total. The van der Waals surface area contributed by atoms with Crippen molar-refractivity contribution in [2.45, 2.75) is 4.90 Å². The third-order valence-corrected chi connectivity index (χ3v) is 3.52. The Morgan fingerprint density at radius 2 is 1.75 bits per heavy atom. The number of carbonyl (C=O) groups excluding carboxylic acids is 1. The topological polar surface area (TPSA) is 41.1 Å². The Labute approximate surface area is 121 Å². The predicted molar refractivity (Wildman–Crippen MR) is 80.6 cm³/mol. The number of urea groups is 1. The van der Waals surface area contributed by atoms with E-state index in [9.17, 15) is 9.18 Å². The predicted octanol–water partition coefficient (Wildman–Crippen LogP) is 3.74. The maximum absolute atomic E-state index is 12.7. The summed E-state index contributed by atoms with van der Waals surface area (Å²) in [5, 5.41) is 5.39. The van der Waals surface area contributed by atoms with E-state index in [1.54, 1.807) is 11.8 Å². The van der Waals surface area contributed by atoms with Gasteiger partial charge in [0.05, 0.1) is 0 Å². The number of hydrogen-bond donors (Lipinski definition) is 2. The van der Waals surface area contributed by atoms with Crippen LogP contribution in [0.2, 0.25) is 0 Å². The Kier molecular flexibility index (Phi) is 5.43. The van der Waals surface area contributed by atoms with Crippen LogP contribution in [0.15, 0.2) is 59.5 Å². The van der Waals surface area contributed by atoms with Crippen molar-refractivity contribution in [1.29, 1.82) is 0 Å². The van der Waals surface area contributed by atoms with Gasteiger partial charge in [0, 0.05) is 22.9 Å². The van der Waals surface area contributed by atoms with E-state index in [0.717, 1.165) is 5.75 Å². The highest BCUT2D eigenvalue weighted by Gasteiger charge is 2.01. The molecule has 2 aromatic carbocycles. The van der Waals surface area contributed by atoms with Crippen LogP contribution in [0, 0.1) is 5.82 Å². The SMILES string of the molecule is O=C(NCCSc1ccccc1)Nc1ccc(F)cc1. The maximum atomic E-state index is 12.7. The summed E-state index contributed by atoms with van der Waals surface area (Å²) in [6.07, 6.45) is 0. The minimum absolute atomic E-state index is 0.287. The first-order valence-corrected chi connectivity index (χ1v) is 7.21. The van der Waals surface area contributed by atoms with Gasteiger partial charge in [-0.15, -0.1) is 11.8 Å². The number of halogens is 1. The molecule has 5 heteroatoms. The fraction of sp³-hybridized carbons (Fsp3) is 0.133. The number of benzene rings is 2. The normalized spacial score (nSPS) is 10.1. The summed E-state index contributed by atoms with van der Waals surface area (Å²) < 4.78 is 12.7. The molecule has 0 bridgehead atoms. The largest absolute Gasteiger partial charge is 0.337 e. The van der Waals surface area contributed by atoms with Gasteiger partial charge in [-0.2, -0.15) is 0 Å². The van der Waals surface area contributed by atoms with E-state index in [0.29, 0.717) is 12.2 Å². The van der Waals surface area contributed by atoms with Crippen molar-refractivity contribution >= 4 is 23.5 Å².